The lowest BCUT2D eigenvalue weighted by molar-refractivity contribution is 0.388. The summed E-state index contributed by atoms with van der Waals surface area (Å²) in [5, 5.41) is 0. The van der Waals surface area contributed by atoms with E-state index in [0.29, 0.717) is 0 Å². The molecule has 0 aromatic heterocycles. The molecule has 7 heavy (non-hydrogen) atoms. The minimum absolute atomic E-state index is 0.831. The SMILES string of the molecule is C=C=CC1CCC1. The van der Waals surface area contributed by atoms with Crippen LogP contribution in [0.1, 0.15) is 19.3 Å². The molecule has 0 aromatic carbocycles. The van der Waals surface area contributed by atoms with E-state index in [0.717, 1.165) is 5.92 Å². The van der Waals surface area contributed by atoms with Crippen molar-refractivity contribution in [3.63, 3.8) is 0 Å². The van der Waals surface area contributed by atoms with Gasteiger partial charge in [0, 0.05) is 0 Å². The van der Waals surface area contributed by atoms with Crippen LogP contribution in [0, 0.1) is 5.92 Å². The van der Waals surface area contributed by atoms with Crippen molar-refractivity contribution in [2.45, 2.75) is 19.3 Å². The third-order valence-electron chi connectivity index (χ3n) is 1.50. The zero-order valence-corrected chi connectivity index (χ0v) is 4.48. The molecule has 0 bridgehead atoms. The van der Waals surface area contributed by atoms with E-state index in [1.165, 1.54) is 19.3 Å². The molecule has 0 amide bonds. The Morgan fingerprint density at radius 2 is 2.29 bits per heavy atom. The third-order valence-corrected chi connectivity index (χ3v) is 1.50. The van der Waals surface area contributed by atoms with Crippen molar-refractivity contribution >= 4 is 0 Å². The van der Waals surface area contributed by atoms with Gasteiger partial charge in [0.15, 0.2) is 0 Å². The molecule has 0 nitrogen and oxygen atoms in total. The van der Waals surface area contributed by atoms with Crippen LogP contribution in [-0.2, 0) is 0 Å². The molecule has 0 aromatic rings. The summed E-state index contributed by atoms with van der Waals surface area (Å²) in [4.78, 5) is 0. The molecule has 0 saturated heterocycles. The highest BCUT2D eigenvalue weighted by atomic mass is 14.2. The number of hydrogen-bond acceptors (Lipinski definition) is 0. The predicted molar refractivity (Wildman–Crippen MR) is 31.1 cm³/mol. The van der Waals surface area contributed by atoms with Crippen LogP contribution in [-0.4, -0.2) is 0 Å². The molecule has 0 heterocycles. The summed E-state index contributed by atoms with van der Waals surface area (Å²) in [5.74, 6) is 0.831. The average Bonchev–Trinajstić information content (AvgIpc) is 1.55. The largest absolute Gasteiger partial charge is 0.133 e. The van der Waals surface area contributed by atoms with Gasteiger partial charge in [-0.15, -0.1) is 5.73 Å². The minimum atomic E-state index is 0.831. The Kier molecular flexibility index (Phi) is 1.33. The number of hydrogen-bond donors (Lipinski definition) is 0. The Balaban J connectivity index is 2.27. The van der Waals surface area contributed by atoms with Crippen molar-refractivity contribution in [2.75, 3.05) is 0 Å². The van der Waals surface area contributed by atoms with Crippen LogP contribution in [0.2, 0.25) is 0 Å². The molecule has 1 saturated carbocycles. The fourth-order valence-electron chi connectivity index (χ4n) is 0.773. The predicted octanol–water partition coefficient (Wildman–Crippen LogP) is 2.13. The number of allylic oxidation sites excluding steroid dienone is 1. The van der Waals surface area contributed by atoms with Gasteiger partial charge in [0.25, 0.3) is 0 Å². The van der Waals surface area contributed by atoms with Gasteiger partial charge in [0.2, 0.25) is 0 Å². The van der Waals surface area contributed by atoms with Gasteiger partial charge in [-0.3, -0.25) is 0 Å². The third kappa shape index (κ3) is 0.942. The zero-order valence-electron chi connectivity index (χ0n) is 4.48. The van der Waals surface area contributed by atoms with E-state index in [4.69, 9.17) is 0 Å². The van der Waals surface area contributed by atoms with Crippen molar-refractivity contribution in [3.8, 4) is 0 Å². The van der Waals surface area contributed by atoms with Crippen LogP contribution >= 0.6 is 0 Å². The second-order valence-corrected chi connectivity index (χ2v) is 2.06. The molecule has 0 radical (unpaired) electrons. The maximum atomic E-state index is 3.50. The van der Waals surface area contributed by atoms with Gasteiger partial charge in [0.05, 0.1) is 0 Å². The molecule has 1 aliphatic carbocycles. The monoisotopic (exact) mass is 94.1 g/mol. The summed E-state index contributed by atoms with van der Waals surface area (Å²) in [6.45, 7) is 3.50. The van der Waals surface area contributed by atoms with Crippen molar-refractivity contribution < 1.29 is 0 Å². The Morgan fingerprint density at radius 3 is 2.43 bits per heavy atom. The zero-order chi connectivity index (χ0) is 5.11. The average molecular weight is 94.2 g/mol. The van der Waals surface area contributed by atoms with E-state index < -0.39 is 0 Å². The highest BCUT2D eigenvalue weighted by Gasteiger charge is 2.12. The Morgan fingerprint density at radius 1 is 1.57 bits per heavy atom. The van der Waals surface area contributed by atoms with E-state index in [2.05, 4.69) is 18.4 Å². The summed E-state index contributed by atoms with van der Waals surface area (Å²) in [6, 6.07) is 0. The van der Waals surface area contributed by atoms with Gasteiger partial charge >= 0.3 is 0 Å². The van der Waals surface area contributed by atoms with E-state index in [1.54, 1.807) is 0 Å². The smallest absolute Gasteiger partial charge is 0.0158 e. The minimum Gasteiger partial charge on any atom is -0.133 e. The van der Waals surface area contributed by atoms with Crippen molar-refractivity contribution in [3.05, 3.63) is 18.4 Å². The quantitative estimate of drug-likeness (QED) is 0.437. The Labute approximate surface area is 44.5 Å². The summed E-state index contributed by atoms with van der Waals surface area (Å²) in [7, 11) is 0. The molecule has 1 fully saturated rings. The van der Waals surface area contributed by atoms with Crippen LogP contribution in [0.3, 0.4) is 0 Å². The lowest BCUT2D eigenvalue weighted by atomic mass is 9.86. The normalized spacial score (nSPS) is 20.0. The Hall–Kier alpha value is -0.480. The van der Waals surface area contributed by atoms with Crippen LogP contribution in [0.5, 0.6) is 0 Å². The van der Waals surface area contributed by atoms with Crippen LogP contribution < -0.4 is 0 Å². The van der Waals surface area contributed by atoms with Crippen LogP contribution in [0.4, 0.5) is 0 Å². The second-order valence-electron chi connectivity index (χ2n) is 2.06. The first-order valence-electron chi connectivity index (χ1n) is 2.79. The highest BCUT2D eigenvalue weighted by Crippen LogP contribution is 2.26. The van der Waals surface area contributed by atoms with E-state index in [9.17, 15) is 0 Å². The first kappa shape index (κ1) is 4.67. The molecule has 0 unspecified atom stereocenters. The van der Waals surface area contributed by atoms with E-state index >= 15 is 0 Å². The number of rotatable bonds is 1. The topological polar surface area (TPSA) is 0 Å². The lowest BCUT2D eigenvalue weighted by Gasteiger charge is -2.19. The van der Waals surface area contributed by atoms with E-state index in [1.807, 2.05) is 0 Å². The molecule has 1 aliphatic rings. The van der Waals surface area contributed by atoms with Gasteiger partial charge in [-0.05, 0) is 24.8 Å². The van der Waals surface area contributed by atoms with Gasteiger partial charge in [0.1, 0.15) is 0 Å². The molecule has 0 heteroatoms. The summed E-state index contributed by atoms with van der Waals surface area (Å²) >= 11 is 0. The standard InChI is InChI=1S/C7H10/c1-2-4-7-5-3-6-7/h4,7H,1,3,5-6H2. The molecule has 38 valence electrons. The molecule has 0 spiro atoms. The fraction of sp³-hybridized carbons (Fsp3) is 0.571. The van der Waals surface area contributed by atoms with Crippen LogP contribution in [0.25, 0.3) is 0 Å². The van der Waals surface area contributed by atoms with Gasteiger partial charge in [-0.2, -0.15) is 0 Å². The lowest BCUT2D eigenvalue weighted by Crippen LogP contribution is -2.06. The first-order valence-corrected chi connectivity index (χ1v) is 2.79. The maximum absolute atomic E-state index is 3.50. The first-order chi connectivity index (χ1) is 3.43. The van der Waals surface area contributed by atoms with Crippen molar-refractivity contribution in [1.82, 2.24) is 0 Å². The molecule has 0 aliphatic heterocycles. The molecular weight excluding hydrogens is 84.1 g/mol. The van der Waals surface area contributed by atoms with Crippen molar-refractivity contribution in [2.24, 2.45) is 5.92 Å². The summed E-state index contributed by atoms with van der Waals surface area (Å²) < 4.78 is 0. The van der Waals surface area contributed by atoms with E-state index in [-0.39, 0.29) is 0 Å². The summed E-state index contributed by atoms with van der Waals surface area (Å²) in [5.41, 5.74) is 2.79. The van der Waals surface area contributed by atoms with Crippen LogP contribution in [0.15, 0.2) is 18.4 Å². The molecule has 1 rings (SSSR count). The fourth-order valence-corrected chi connectivity index (χ4v) is 0.773. The van der Waals surface area contributed by atoms with Gasteiger partial charge in [-0.25, -0.2) is 0 Å². The van der Waals surface area contributed by atoms with Crippen molar-refractivity contribution in [1.29, 1.82) is 0 Å². The highest BCUT2D eigenvalue weighted by molar-refractivity contribution is 4.89. The second kappa shape index (κ2) is 1.99. The maximum Gasteiger partial charge on any atom is -0.0158 e. The Bertz CT molecular complexity index is 92.6. The molecular formula is C7H10. The molecule has 0 atom stereocenters. The van der Waals surface area contributed by atoms with Gasteiger partial charge in [-0.1, -0.05) is 13.0 Å². The van der Waals surface area contributed by atoms with Gasteiger partial charge < -0.3 is 0 Å². The molecule has 0 N–H and O–H groups in total. The summed E-state index contributed by atoms with van der Waals surface area (Å²) in [6.07, 6.45) is 6.21.